The maximum Gasteiger partial charge on any atom is 0.130 e. The average Bonchev–Trinajstić information content (AvgIpc) is 2.34. The van der Waals surface area contributed by atoms with Crippen molar-refractivity contribution in [2.24, 2.45) is 4.99 Å². The summed E-state index contributed by atoms with van der Waals surface area (Å²) >= 11 is 3.44. The molecule has 1 unspecified atom stereocenters. The lowest BCUT2D eigenvalue weighted by molar-refractivity contribution is 1.10. The van der Waals surface area contributed by atoms with E-state index in [2.05, 4.69) is 33.1 Å². The summed E-state index contributed by atoms with van der Waals surface area (Å²) in [5.41, 5.74) is 2.49. The Kier molecular flexibility index (Phi) is 1.34. The lowest BCUT2D eigenvalue weighted by atomic mass is 10.1. The summed E-state index contributed by atoms with van der Waals surface area (Å²) in [6.45, 7) is 0. The van der Waals surface area contributed by atoms with Gasteiger partial charge in [-0.3, -0.25) is 4.99 Å². The predicted molar refractivity (Wildman–Crippen MR) is 45.7 cm³/mol. The van der Waals surface area contributed by atoms with Gasteiger partial charge in [0, 0.05) is 6.21 Å². The Hall–Kier alpha value is -0.630. The lowest BCUT2D eigenvalue weighted by Gasteiger charge is -1.98. The van der Waals surface area contributed by atoms with Crippen molar-refractivity contribution < 1.29 is 0 Å². The molecule has 0 amide bonds. The third kappa shape index (κ3) is 0.797. The zero-order chi connectivity index (χ0) is 6.97. The molecule has 0 bridgehead atoms. The molecule has 0 fully saturated rings. The van der Waals surface area contributed by atoms with E-state index in [9.17, 15) is 0 Å². The van der Waals surface area contributed by atoms with Gasteiger partial charge in [-0.2, -0.15) is 0 Å². The molecule has 0 saturated heterocycles. The zero-order valence-electron chi connectivity index (χ0n) is 5.29. The maximum absolute atomic E-state index is 4.20. The summed E-state index contributed by atoms with van der Waals surface area (Å²) in [5, 5.41) is 0. The zero-order valence-corrected chi connectivity index (χ0v) is 6.88. The van der Waals surface area contributed by atoms with E-state index in [4.69, 9.17) is 0 Å². The molecular formula is C8H6BrN. The van der Waals surface area contributed by atoms with Gasteiger partial charge in [0.2, 0.25) is 0 Å². The Morgan fingerprint density at radius 1 is 1.30 bits per heavy atom. The minimum atomic E-state index is 0.184. The molecule has 1 aliphatic rings. The normalized spacial score (nSPS) is 21.1. The van der Waals surface area contributed by atoms with E-state index in [-0.39, 0.29) is 4.95 Å². The summed E-state index contributed by atoms with van der Waals surface area (Å²) in [4.78, 5) is 4.38. The van der Waals surface area contributed by atoms with Crippen molar-refractivity contribution in [1.82, 2.24) is 0 Å². The van der Waals surface area contributed by atoms with Crippen LogP contribution in [0.5, 0.6) is 0 Å². The van der Waals surface area contributed by atoms with E-state index in [1.165, 1.54) is 11.1 Å². The highest BCUT2D eigenvalue weighted by Crippen LogP contribution is 2.30. The molecule has 10 heavy (non-hydrogen) atoms. The third-order valence-corrected chi connectivity index (χ3v) is 2.33. The van der Waals surface area contributed by atoms with Crippen molar-refractivity contribution in [3.8, 4) is 0 Å². The summed E-state index contributed by atoms with van der Waals surface area (Å²) in [5.74, 6) is 0. The van der Waals surface area contributed by atoms with Crippen LogP contribution in [0.15, 0.2) is 29.3 Å². The highest BCUT2D eigenvalue weighted by atomic mass is 79.9. The quantitative estimate of drug-likeness (QED) is 0.446. The van der Waals surface area contributed by atoms with Crippen LogP contribution < -0.4 is 0 Å². The van der Waals surface area contributed by atoms with E-state index in [0.717, 1.165) is 0 Å². The molecule has 1 heterocycles. The number of halogens is 1. The first kappa shape index (κ1) is 6.10. The van der Waals surface area contributed by atoms with Crippen LogP contribution >= 0.6 is 15.9 Å². The van der Waals surface area contributed by atoms with Gasteiger partial charge in [-0.1, -0.05) is 40.2 Å². The second kappa shape index (κ2) is 2.20. The number of alkyl halides is 1. The molecule has 1 aromatic carbocycles. The molecule has 1 aromatic rings. The van der Waals surface area contributed by atoms with Crippen LogP contribution in [-0.4, -0.2) is 6.21 Å². The van der Waals surface area contributed by atoms with Crippen molar-refractivity contribution in [2.75, 3.05) is 0 Å². The topological polar surface area (TPSA) is 12.4 Å². The molecule has 0 spiro atoms. The first-order valence-electron chi connectivity index (χ1n) is 3.14. The largest absolute Gasteiger partial charge is 0.273 e. The Bertz CT molecular complexity index is 280. The summed E-state index contributed by atoms with van der Waals surface area (Å²) < 4.78 is 0. The van der Waals surface area contributed by atoms with Gasteiger partial charge < -0.3 is 0 Å². The molecule has 0 aliphatic carbocycles. The third-order valence-electron chi connectivity index (χ3n) is 1.60. The molecule has 1 aliphatic heterocycles. The SMILES string of the molecule is BrC1N=Cc2ccccc21. The van der Waals surface area contributed by atoms with Crippen LogP contribution in [0.1, 0.15) is 16.1 Å². The van der Waals surface area contributed by atoms with E-state index in [1.807, 2.05) is 18.3 Å². The van der Waals surface area contributed by atoms with Gasteiger partial charge in [0.15, 0.2) is 0 Å². The van der Waals surface area contributed by atoms with Crippen LogP contribution in [0.25, 0.3) is 0 Å². The van der Waals surface area contributed by atoms with E-state index in [0.29, 0.717) is 0 Å². The Morgan fingerprint density at radius 2 is 2.10 bits per heavy atom. The molecular weight excluding hydrogens is 190 g/mol. The highest BCUT2D eigenvalue weighted by molar-refractivity contribution is 9.09. The minimum Gasteiger partial charge on any atom is -0.273 e. The number of fused-ring (bicyclic) bond motifs is 1. The standard InChI is InChI=1S/C8H6BrN/c9-8-7-4-2-1-3-6(7)5-10-8/h1-5,8H. The van der Waals surface area contributed by atoms with Gasteiger partial charge >= 0.3 is 0 Å². The van der Waals surface area contributed by atoms with Gasteiger partial charge in [-0.15, -0.1) is 0 Å². The van der Waals surface area contributed by atoms with Crippen molar-refractivity contribution >= 4 is 22.1 Å². The van der Waals surface area contributed by atoms with Crippen molar-refractivity contribution in [3.05, 3.63) is 35.4 Å². The van der Waals surface area contributed by atoms with E-state index >= 15 is 0 Å². The summed E-state index contributed by atoms with van der Waals surface area (Å²) in [6.07, 6.45) is 1.90. The molecule has 1 nitrogen and oxygen atoms in total. The highest BCUT2D eigenvalue weighted by Gasteiger charge is 2.13. The predicted octanol–water partition coefficient (Wildman–Crippen LogP) is 2.51. The molecule has 0 aromatic heterocycles. The van der Waals surface area contributed by atoms with Crippen LogP contribution in [0, 0.1) is 0 Å². The Morgan fingerprint density at radius 3 is 2.90 bits per heavy atom. The smallest absolute Gasteiger partial charge is 0.130 e. The molecule has 0 radical (unpaired) electrons. The molecule has 2 rings (SSSR count). The van der Waals surface area contributed by atoms with Crippen LogP contribution in [-0.2, 0) is 0 Å². The first-order valence-corrected chi connectivity index (χ1v) is 4.05. The monoisotopic (exact) mass is 195 g/mol. The molecule has 0 saturated carbocycles. The molecule has 0 N–H and O–H groups in total. The fraction of sp³-hybridized carbons (Fsp3) is 0.125. The van der Waals surface area contributed by atoms with Crippen LogP contribution in [0.4, 0.5) is 0 Å². The fourth-order valence-corrected chi connectivity index (χ4v) is 1.61. The summed E-state index contributed by atoms with van der Waals surface area (Å²) in [6, 6.07) is 8.21. The van der Waals surface area contributed by atoms with Gasteiger partial charge in [0.05, 0.1) is 0 Å². The van der Waals surface area contributed by atoms with Crippen LogP contribution in [0.2, 0.25) is 0 Å². The first-order chi connectivity index (χ1) is 4.88. The molecule has 1 atom stereocenters. The lowest BCUT2D eigenvalue weighted by Crippen LogP contribution is -1.82. The molecule has 50 valence electrons. The number of hydrogen-bond acceptors (Lipinski definition) is 1. The average molecular weight is 196 g/mol. The van der Waals surface area contributed by atoms with Crippen molar-refractivity contribution in [1.29, 1.82) is 0 Å². The second-order valence-corrected chi connectivity index (χ2v) is 3.11. The number of nitrogens with zero attached hydrogens (tertiary/aromatic N) is 1. The number of rotatable bonds is 0. The number of benzene rings is 1. The van der Waals surface area contributed by atoms with Gasteiger partial charge in [0.25, 0.3) is 0 Å². The van der Waals surface area contributed by atoms with Crippen molar-refractivity contribution in [3.63, 3.8) is 0 Å². The molecule has 2 heteroatoms. The Balaban J connectivity index is 2.59. The Labute approximate surface area is 67.9 Å². The fourth-order valence-electron chi connectivity index (χ4n) is 1.07. The van der Waals surface area contributed by atoms with E-state index in [1.54, 1.807) is 0 Å². The number of hydrogen-bond donors (Lipinski definition) is 0. The van der Waals surface area contributed by atoms with Crippen molar-refractivity contribution in [2.45, 2.75) is 4.95 Å². The van der Waals surface area contributed by atoms with Crippen LogP contribution in [0.3, 0.4) is 0 Å². The summed E-state index contributed by atoms with van der Waals surface area (Å²) in [7, 11) is 0. The second-order valence-electron chi connectivity index (χ2n) is 2.24. The van der Waals surface area contributed by atoms with Gasteiger partial charge in [0.1, 0.15) is 4.95 Å². The van der Waals surface area contributed by atoms with Gasteiger partial charge in [-0.25, -0.2) is 0 Å². The van der Waals surface area contributed by atoms with Gasteiger partial charge in [-0.05, 0) is 11.1 Å². The minimum absolute atomic E-state index is 0.184. The maximum atomic E-state index is 4.20. The number of aliphatic imine (C=N–C) groups is 1. The van der Waals surface area contributed by atoms with E-state index < -0.39 is 0 Å².